The normalized spacial score (nSPS) is 21.0. The van der Waals surface area contributed by atoms with Crippen LogP contribution in [0.3, 0.4) is 0 Å². The predicted molar refractivity (Wildman–Crippen MR) is 98.0 cm³/mol. The number of carbonyl (C=O) groups excluding carboxylic acids is 1. The summed E-state index contributed by atoms with van der Waals surface area (Å²) in [4.78, 5) is 31.0. The highest BCUT2D eigenvalue weighted by Gasteiger charge is 2.43. The summed E-state index contributed by atoms with van der Waals surface area (Å²) in [6.07, 6.45) is 2.66. The molecule has 0 aromatic carbocycles. The van der Waals surface area contributed by atoms with Gasteiger partial charge in [-0.1, -0.05) is 23.2 Å². The van der Waals surface area contributed by atoms with Gasteiger partial charge in [-0.3, -0.25) is 14.3 Å². The van der Waals surface area contributed by atoms with Crippen molar-refractivity contribution < 1.29 is 13.6 Å². The van der Waals surface area contributed by atoms with Gasteiger partial charge in [0.1, 0.15) is 11.9 Å². The van der Waals surface area contributed by atoms with Crippen LogP contribution in [0.1, 0.15) is 36.8 Å². The Morgan fingerprint density at radius 3 is 2.82 bits per heavy atom. The number of aryl methyl sites for hydroxylation is 1. The molecule has 11 heteroatoms. The molecule has 28 heavy (non-hydrogen) atoms. The molecule has 0 radical (unpaired) electrons. The van der Waals surface area contributed by atoms with E-state index in [0.29, 0.717) is 40.8 Å². The number of carbonyl (C=O) groups is 1. The van der Waals surface area contributed by atoms with Gasteiger partial charge in [0.25, 0.3) is 5.92 Å². The van der Waals surface area contributed by atoms with Gasteiger partial charge in [-0.25, -0.2) is 18.3 Å². The molecule has 2 aliphatic rings. The Balaban J connectivity index is 1.63. The van der Waals surface area contributed by atoms with Crippen molar-refractivity contribution in [2.45, 2.75) is 44.2 Å². The van der Waals surface area contributed by atoms with Crippen LogP contribution in [0.25, 0.3) is 0 Å². The van der Waals surface area contributed by atoms with E-state index in [2.05, 4.69) is 10.1 Å². The van der Waals surface area contributed by atoms with E-state index >= 15 is 0 Å². The number of nitrogens with zero attached hydrogens (tertiary/aromatic N) is 5. The standard InChI is InChI=1S/C17H17Cl2F2N5O2/c18-10-6-11(19)12(22-7-10)8-25-16(28)26-13(2-1-3-14(26)23-25)15(27)24-5-4-17(20,21)9-24/h6-7,13H,1-5,8-9H2. The van der Waals surface area contributed by atoms with Crippen molar-refractivity contribution in [3.05, 3.63) is 44.3 Å². The summed E-state index contributed by atoms with van der Waals surface area (Å²) in [5.41, 5.74) is -0.0579. The van der Waals surface area contributed by atoms with Gasteiger partial charge in [0.05, 0.1) is 28.8 Å². The Hall–Kier alpha value is -2.00. The van der Waals surface area contributed by atoms with Gasteiger partial charge < -0.3 is 4.90 Å². The van der Waals surface area contributed by atoms with E-state index in [4.69, 9.17) is 23.2 Å². The number of likely N-dealkylation sites (tertiary alicyclic amines) is 1. The van der Waals surface area contributed by atoms with Crippen LogP contribution in [-0.2, 0) is 17.8 Å². The van der Waals surface area contributed by atoms with Crippen LogP contribution >= 0.6 is 23.2 Å². The van der Waals surface area contributed by atoms with Crippen molar-refractivity contribution in [3.63, 3.8) is 0 Å². The third kappa shape index (κ3) is 3.53. The summed E-state index contributed by atoms with van der Waals surface area (Å²) in [5, 5.41) is 4.99. The molecule has 0 aliphatic carbocycles. The minimum atomic E-state index is -2.88. The van der Waals surface area contributed by atoms with E-state index in [-0.39, 0.29) is 19.5 Å². The number of hydrogen-bond acceptors (Lipinski definition) is 4. The summed E-state index contributed by atoms with van der Waals surface area (Å²) in [5.74, 6) is -2.87. The van der Waals surface area contributed by atoms with E-state index < -0.39 is 30.1 Å². The van der Waals surface area contributed by atoms with E-state index in [0.717, 1.165) is 4.90 Å². The van der Waals surface area contributed by atoms with E-state index in [1.165, 1.54) is 21.5 Å². The zero-order chi connectivity index (χ0) is 20.1. The van der Waals surface area contributed by atoms with Gasteiger partial charge in [0, 0.05) is 25.6 Å². The van der Waals surface area contributed by atoms with Crippen LogP contribution in [0.15, 0.2) is 17.1 Å². The number of pyridine rings is 1. The third-order valence-corrected chi connectivity index (χ3v) is 5.61. The number of alkyl halides is 2. The first-order valence-corrected chi connectivity index (χ1v) is 9.65. The summed E-state index contributed by atoms with van der Waals surface area (Å²) in [6, 6.07) is 0.708. The molecule has 0 spiro atoms. The second-order valence-electron chi connectivity index (χ2n) is 7.08. The molecule has 1 unspecified atom stereocenters. The van der Waals surface area contributed by atoms with Gasteiger partial charge in [-0.05, 0) is 18.9 Å². The fourth-order valence-electron chi connectivity index (χ4n) is 3.70. The summed E-state index contributed by atoms with van der Waals surface area (Å²) in [6.45, 7) is -0.590. The molecule has 150 valence electrons. The lowest BCUT2D eigenvalue weighted by Gasteiger charge is -2.27. The Bertz CT molecular complexity index is 990. The lowest BCUT2D eigenvalue weighted by atomic mass is 10.0. The zero-order valence-corrected chi connectivity index (χ0v) is 16.3. The molecule has 0 saturated carbocycles. The predicted octanol–water partition coefficient (Wildman–Crippen LogP) is 2.54. The first kappa shape index (κ1) is 19.3. The summed E-state index contributed by atoms with van der Waals surface area (Å²) < 4.78 is 29.5. The number of aromatic nitrogens is 4. The van der Waals surface area contributed by atoms with Crippen molar-refractivity contribution in [2.75, 3.05) is 13.1 Å². The van der Waals surface area contributed by atoms with Crippen molar-refractivity contribution in [1.29, 1.82) is 0 Å². The molecular weight excluding hydrogens is 415 g/mol. The number of halogens is 4. The minimum Gasteiger partial charge on any atom is -0.335 e. The van der Waals surface area contributed by atoms with Gasteiger partial charge in [0.15, 0.2) is 0 Å². The summed E-state index contributed by atoms with van der Waals surface area (Å²) >= 11 is 12.0. The minimum absolute atomic E-state index is 0.00907. The van der Waals surface area contributed by atoms with Crippen molar-refractivity contribution in [3.8, 4) is 0 Å². The molecule has 4 rings (SSSR count). The van der Waals surface area contributed by atoms with Gasteiger partial charge in [-0.15, -0.1) is 0 Å². The lowest BCUT2D eigenvalue weighted by molar-refractivity contribution is -0.135. The molecule has 2 aromatic rings. The fraction of sp³-hybridized carbons (Fsp3) is 0.529. The van der Waals surface area contributed by atoms with Crippen molar-refractivity contribution in [2.24, 2.45) is 0 Å². The third-order valence-electron chi connectivity index (χ3n) is 5.08. The van der Waals surface area contributed by atoms with E-state index in [1.54, 1.807) is 0 Å². The van der Waals surface area contributed by atoms with Crippen LogP contribution in [-0.4, -0.2) is 49.2 Å². The molecule has 1 atom stereocenters. The molecule has 1 saturated heterocycles. The van der Waals surface area contributed by atoms with Crippen molar-refractivity contribution in [1.82, 2.24) is 24.2 Å². The molecule has 1 amide bonds. The molecular formula is C17H17Cl2F2N5O2. The van der Waals surface area contributed by atoms with Gasteiger partial charge in [-0.2, -0.15) is 5.10 Å². The molecule has 2 aliphatic heterocycles. The van der Waals surface area contributed by atoms with Gasteiger partial charge in [0.2, 0.25) is 5.91 Å². The Morgan fingerprint density at radius 1 is 1.36 bits per heavy atom. The van der Waals surface area contributed by atoms with Gasteiger partial charge >= 0.3 is 5.69 Å². The first-order valence-electron chi connectivity index (χ1n) is 8.90. The largest absolute Gasteiger partial charge is 0.347 e. The second kappa shape index (κ2) is 7.11. The Labute approximate surface area is 168 Å². The molecule has 4 heterocycles. The monoisotopic (exact) mass is 431 g/mol. The molecule has 7 nitrogen and oxygen atoms in total. The van der Waals surface area contributed by atoms with E-state index in [1.807, 2.05) is 0 Å². The van der Waals surface area contributed by atoms with Crippen LogP contribution in [0.4, 0.5) is 8.78 Å². The highest BCUT2D eigenvalue weighted by molar-refractivity contribution is 6.34. The molecule has 0 bridgehead atoms. The highest BCUT2D eigenvalue weighted by Crippen LogP contribution is 2.31. The molecule has 2 aromatic heterocycles. The van der Waals surface area contributed by atoms with Crippen LogP contribution in [0.5, 0.6) is 0 Å². The highest BCUT2D eigenvalue weighted by atomic mass is 35.5. The maximum Gasteiger partial charge on any atom is 0.347 e. The fourth-order valence-corrected chi connectivity index (χ4v) is 4.14. The average molecular weight is 432 g/mol. The maximum absolute atomic E-state index is 13.5. The molecule has 0 N–H and O–H groups in total. The Kier molecular flexibility index (Phi) is 4.91. The number of hydrogen-bond donors (Lipinski definition) is 0. The number of rotatable bonds is 3. The van der Waals surface area contributed by atoms with Crippen LogP contribution < -0.4 is 5.69 Å². The zero-order valence-electron chi connectivity index (χ0n) is 14.7. The smallest absolute Gasteiger partial charge is 0.335 e. The Morgan fingerprint density at radius 2 is 2.14 bits per heavy atom. The van der Waals surface area contributed by atoms with Crippen LogP contribution in [0.2, 0.25) is 10.0 Å². The SMILES string of the molecule is O=C(C1CCCc2nn(Cc3ncc(Cl)cc3Cl)c(=O)n21)N1CCC(F)(F)C1. The topological polar surface area (TPSA) is 73.0 Å². The maximum atomic E-state index is 13.5. The van der Waals surface area contributed by atoms with Crippen molar-refractivity contribution >= 4 is 29.1 Å². The quantitative estimate of drug-likeness (QED) is 0.748. The number of amides is 1. The van der Waals surface area contributed by atoms with Crippen LogP contribution in [0, 0.1) is 0 Å². The first-order chi connectivity index (χ1) is 13.2. The molecule has 1 fully saturated rings. The lowest BCUT2D eigenvalue weighted by Crippen LogP contribution is -2.42. The summed E-state index contributed by atoms with van der Waals surface area (Å²) in [7, 11) is 0. The van der Waals surface area contributed by atoms with E-state index in [9.17, 15) is 18.4 Å². The number of fused-ring (bicyclic) bond motifs is 1. The second-order valence-corrected chi connectivity index (χ2v) is 7.93. The average Bonchev–Trinajstić information content (AvgIpc) is 3.16.